The molecule has 7 nitrogen and oxygen atoms in total. The van der Waals surface area contributed by atoms with Crippen LogP contribution in [0, 0.1) is 0 Å². The number of rotatable bonds is 7. The lowest BCUT2D eigenvalue weighted by Crippen LogP contribution is -2.13. The molecule has 0 atom stereocenters. The van der Waals surface area contributed by atoms with Crippen molar-refractivity contribution in [3.8, 4) is 11.5 Å². The van der Waals surface area contributed by atoms with Crippen LogP contribution in [0.15, 0.2) is 41.5 Å². The number of halogens is 1. The topological polar surface area (TPSA) is 82.0 Å². The number of nitrogens with one attached hydrogen (secondary N) is 1. The molecule has 3 aromatic rings. The SMILES string of the molecule is COC(=O)COc1c(Cl)cc(/C=N/Nc2nc3ccccc3s2)cc1OC. The summed E-state index contributed by atoms with van der Waals surface area (Å²) in [6, 6.07) is 11.2. The number of carbonyl (C=O) groups is 1. The maximum Gasteiger partial charge on any atom is 0.343 e. The fourth-order valence-electron chi connectivity index (χ4n) is 2.23. The van der Waals surface area contributed by atoms with Crippen molar-refractivity contribution in [1.29, 1.82) is 0 Å². The van der Waals surface area contributed by atoms with Crippen LogP contribution in [0.5, 0.6) is 11.5 Å². The van der Waals surface area contributed by atoms with Crippen LogP contribution >= 0.6 is 22.9 Å². The van der Waals surface area contributed by atoms with E-state index >= 15 is 0 Å². The zero-order valence-electron chi connectivity index (χ0n) is 14.6. The van der Waals surface area contributed by atoms with Gasteiger partial charge in [0.15, 0.2) is 18.1 Å². The molecule has 0 amide bonds. The number of benzene rings is 2. The minimum absolute atomic E-state index is 0.265. The molecule has 0 unspecified atom stereocenters. The minimum atomic E-state index is -0.515. The summed E-state index contributed by atoms with van der Waals surface area (Å²) in [5, 5.41) is 5.16. The third kappa shape index (κ3) is 4.66. The van der Waals surface area contributed by atoms with Gasteiger partial charge in [-0.05, 0) is 29.8 Å². The smallest absolute Gasteiger partial charge is 0.343 e. The van der Waals surface area contributed by atoms with E-state index in [-0.39, 0.29) is 12.4 Å². The third-order valence-corrected chi connectivity index (χ3v) is 4.70. The molecule has 1 aromatic heterocycles. The van der Waals surface area contributed by atoms with Crippen molar-refractivity contribution < 1.29 is 19.0 Å². The molecule has 0 saturated carbocycles. The highest BCUT2D eigenvalue weighted by Gasteiger charge is 2.13. The molecular weight excluding hydrogens is 390 g/mol. The van der Waals surface area contributed by atoms with Gasteiger partial charge < -0.3 is 14.2 Å². The molecule has 0 saturated heterocycles. The second kappa shape index (κ2) is 8.70. The minimum Gasteiger partial charge on any atom is -0.493 e. The Labute approximate surface area is 164 Å². The Morgan fingerprint density at radius 1 is 1.33 bits per heavy atom. The van der Waals surface area contributed by atoms with Crippen LogP contribution < -0.4 is 14.9 Å². The molecule has 0 aliphatic heterocycles. The lowest BCUT2D eigenvalue weighted by molar-refractivity contribution is -0.142. The van der Waals surface area contributed by atoms with Gasteiger partial charge in [-0.25, -0.2) is 9.78 Å². The highest BCUT2D eigenvalue weighted by molar-refractivity contribution is 7.22. The number of thiazole rings is 1. The van der Waals surface area contributed by atoms with Crippen LogP contribution in [-0.2, 0) is 9.53 Å². The van der Waals surface area contributed by atoms with Gasteiger partial charge in [-0.1, -0.05) is 35.1 Å². The number of ether oxygens (including phenoxy) is 3. The van der Waals surface area contributed by atoms with Crippen LogP contribution in [0.3, 0.4) is 0 Å². The van der Waals surface area contributed by atoms with Crippen LogP contribution in [-0.4, -0.2) is 38.0 Å². The van der Waals surface area contributed by atoms with E-state index in [1.165, 1.54) is 25.6 Å². The molecule has 2 aromatic carbocycles. The number of hydrazone groups is 1. The molecule has 1 N–H and O–H groups in total. The number of hydrogen-bond acceptors (Lipinski definition) is 8. The van der Waals surface area contributed by atoms with Crippen LogP contribution in [0.25, 0.3) is 10.2 Å². The molecule has 140 valence electrons. The number of nitrogens with zero attached hydrogens (tertiary/aromatic N) is 2. The van der Waals surface area contributed by atoms with E-state index in [1.54, 1.807) is 18.3 Å². The van der Waals surface area contributed by atoms with Crippen molar-refractivity contribution in [3.05, 3.63) is 47.0 Å². The summed E-state index contributed by atoms with van der Waals surface area (Å²) in [7, 11) is 2.76. The van der Waals surface area contributed by atoms with E-state index in [2.05, 4.69) is 20.2 Å². The lowest BCUT2D eigenvalue weighted by Gasteiger charge is -2.12. The Morgan fingerprint density at radius 2 is 2.15 bits per heavy atom. The monoisotopic (exact) mass is 405 g/mol. The Balaban J connectivity index is 1.73. The highest BCUT2D eigenvalue weighted by Crippen LogP contribution is 2.36. The van der Waals surface area contributed by atoms with Crippen LogP contribution in [0.4, 0.5) is 5.13 Å². The van der Waals surface area contributed by atoms with Crippen molar-refractivity contribution in [1.82, 2.24) is 4.98 Å². The van der Waals surface area contributed by atoms with E-state index in [9.17, 15) is 4.79 Å². The predicted molar refractivity (Wildman–Crippen MR) is 106 cm³/mol. The zero-order valence-corrected chi connectivity index (χ0v) is 16.1. The number of hydrogen-bond donors (Lipinski definition) is 1. The molecule has 27 heavy (non-hydrogen) atoms. The third-order valence-electron chi connectivity index (χ3n) is 3.48. The normalized spacial score (nSPS) is 10.9. The summed E-state index contributed by atoms with van der Waals surface area (Å²) in [6.45, 7) is -0.265. The summed E-state index contributed by atoms with van der Waals surface area (Å²) in [5.41, 5.74) is 4.51. The molecule has 0 bridgehead atoms. The molecule has 0 spiro atoms. The fourth-order valence-corrected chi connectivity index (χ4v) is 3.32. The maximum atomic E-state index is 11.2. The number of anilines is 1. The van der Waals surface area contributed by atoms with E-state index < -0.39 is 5.97 Å². The summed E-state index contributed by atoms with van der Waals surface area (Å²) in [5.74, 6) is 0.132. The van der Waals surface area contributed by atoms with E-state index in [0.717, 1.165) is 10.2 Å². The summed E-state index contributed by atoms with van der Waals surface area (Å²) in [4.78, 5) is 15.7. The molecule has 0 aliphatic rings. The molecule has 1 heterocycles. The summed E-state index contributed by atoms with van der Waals surface area (Å²) >= 11 is 7.75. The summed E-state index contributed by atoms with van der Waals surface area (Å²) < 4.78 is 16.3. The quantitative estimate of drug-likeness (QED) is 0.364. The first-order chi connectivity index (χ1) is 13.1. The van der Waals surface area contributed by atoms with Gasteiger partial charge in [-0.2, -0.15) is 5.10 Å². The van der Waals surface area contributed by atoms with Crippen molar-refractivity contribution in [2.24, 2.45) is 5.10 Å². The molecule has 3 rings (SSSR count). The molecular formula is C18H16ClN3O4S. The lowest BCUT2D eigenvalue weighted by atomic mass is 10.2. The largest absolute Gasteiger partial charge is 0.493 e. The Hall–Kier alpha value is -2.84. The Kier molecular flexibility index (Phi) is 6.10. The average molecular weight is 406 g/mol. The molecule has 0 aliphatic carbocycles. The van der Waals surface area contributed by atoms with Gasteiger partial charge >= 0.3 is 5.97 Å². The summed E-state index contributed by atoms with van der Waals surface area (Å²) in [6.07, 6.45) is 1.59. The van der Waals surface area contributed by atoms with Gasteiger partial charge in [0, 0.05) is 0 Å². The Bertz CT molecular complexity index is 957. The van der Waals surface area contributed by atoms with Gasteiger partial charge in [-0.15, -0.1) is 0 Å². The van der Waals surface area contributed by atoms with Gasteiger partial charge in [-0.3, -0.25) is 5.43 Å². The van der Waals surface area contributed by atoms with Crippen molar-refractivity contribution >= 4 is 50.5 Å². The fraction of sp³-hybridized carbons (Fsp3) is 0.167. The van der Waals surface area contributed by atoms with Gasteiger partial charge in [0.1, 0.15) is 0 Å². The first-order valence-electron chi connectivity index (χ1n) is 7.82. The number of carbonyl (C=O) groups excluding carboxylic acids is 1. The van der Waals surface area contributed by atoms with E-state index in [1.807, 2.05) is 24.3 Å². The first kappa shape index (κ1) is 18.9. The zero-order chi connectivity index (χ0) is 19.2. The van der Waals surface area contributed by atoms with Crippen molar-refractivity contribution in [2.45, 2.75) is 0 Å². The number of methoxy groups -OCH3 is 2. The van der Waals surface area contributed by atoms with Crippen molar-refractivity contribution in [3.63, 3.8) is 0 Å². The second-order valence-corrected chi connectivity index (χ2v) is 6.69. The van der Waals surface area contributed by atoms with Gasteiger partial charge in [0.25, 0.3) is 0 Å². The molecule has 0 fully saturated rings. The predicted octanol–water partition coefficient (Wildman–Crippen LogP) is 3.96. The van der Waals surface area contributed by atoms with E-state index in [0.29, 0.717) is 21.5 Å². The van der Waals surface area contributed by atoms with Crippen LogP contribution in [0.1, 0.15) is 5.56 Å². The molecule has 9 heteroatoms. The Morgan fingerprint density at radius 3 is 2.89 bits per heavy atom. The van der Waals surface area contributed by atoms with E-state index in [4.69, 9.17) is 21.1 Å². The van der Waals surface area contributed by atoms with Gasteiger partial charge in [0.2, 0.25) is 5.13 Å². The number of para-hydroxylation sites is 1. The number of fused-ring (bicyclic) bond motifs is 1. The first-order valence-corrected chi connectivity index (χ1v) is 9.02. The maximum absolute atomic E-state index is 11.2. The standard InChI is InChI=1S/C18H16ClN3O4S/c1-24-14-8-11(7-12(19)17(14)26-10-16(23)25-2)9-20-22-18-21-13-5-3-4-6-15(13)27-18/h3-9H,10H2,1-2H3,(H,21,22)/b20-9+. The average Bonchev–Trinajstić information content (AvgIpc) is 3.09. The second-order valence-electron chi connectivity index (χ2n) is 5.26. The number of aromatic nitrogens is 1. The van der Waals surface area contributed by atoms with Gasteiger partial charge in [0.05, 0.1) is 35.7 Å². The van der Waals surface area contributed by atoms with Crippen molar-refractivity contribution in [2.75, 3.05) is 26.3 Å². The van der Waals surface area contributed by atoms with Crippen LogP contribution in [0.2, 0.25) is 5.02 Å². The molecule has 0 radical (unpaired) electrons. The number of esters is 1. The highest BCUT2D eigenvalue weighted by atomic mass is 35.5.